The summed E-state index contributed by atoms with van der Waals surface area (Å²) in [6, 6.07) is 11.9. The van der Waals surface area contributed by atoms with Crippen molar-refractivity contribution in [3.05, 3.63) is 57.3 Å². The largest absolute Gasteiger partial charge is 0.496 e. The molecule has 136 valence electrons. The number of hydrogen-bond acceptors (Lipinski definition) is 5. The Morgan fingerprint density at radius 2 is 1.92 bits per heavy atom. The van der Waals surface area contributed by atoms with Crippen LogP contribution >= 0.6 is 11.6 Å². The van der Waals surface area contributed by atoms with E-state index in [2.05, 4.69) is 15.5 Å². The predicted octanol–water partition coefficient (Wildman–Crippen LogP) is 3.98. The SMILES string of the molecule is COc1ccc(CNc2c(OC(C)C)n[nH]c(=O)c2Cl)c2ccccc12. The van der Waals surface area contributed by atoms with E-state index in [4.69, 9.17) is 21.1 Å². The van der Waals surface area contributed by atoms with Gasteiger partial charge in [0.1, 0.15) is 16.5 Å². The third-order valence-corrected chi connectivity index (χ3v) is 4.25. The van der Waals surface area contributed by atoms with Crippen LogP contribution < -0.4 is 20.3 Å². The van der Waals surface area contributed by atoms with Crippen molar-refractivity contribution in [2.75, 3.05) is 12.4 Å². The number of benzene rings is 2. The molecule has 2 aromatic carbocycles. The number of nitrogens with zero attached hydrogens (tertiary/aromatic N) is 1. The van der Waals surface area contributed by atoms with Crippen LogP contribution in [0.2, 0.25) is 5.02 Å². The molecule has 26 heavy (non-hydrogen) atoms. The molecule has 0 spiro atoms. The van der Waals surface area contributed by atoms with Gasteiger partial charge < -0.3 is 14.8 Å². The van der Waals surface area contributed by atoms with E-state index < -0.39 is 5.56 Å². The molecule has 0 bridgehead atoms. The van der Waals surface area contributed by atoms with E-state index >= 15 is 0 Å². The fourth-order valence-electron chi connectivity index (χ4n) is 2.73. The van der Waals surface area contributed by atoms with Crippen molar-refractivity contribution in [2.24, 2.45) is 0 Å². The van der Waals surface area contributed by atoms with Gasteiger partial charge >= 0.3 is 0 Å². The Hall–Kier alpha value is -2.73. The first kappa shape index (κ1) is 18.1. The second kappa shape index (κ2) is 7.66. The zero-order chi connectivity index (χ0) is 18.7. The van der Waals surface area contributed by atoms with E-state index in [1.165, 1.54) is 0 Å². The average molecular weight is 374 g/mol. The van der Waals surface area contributed by atoms with Crippen LogP contribution in [0.3, 0.4) is 0 Å². The number of aromatic nitrogens is 2. The number of aromatic amines is 1. The van der Waals surface area contributed by atoms with E-state index in [1.54, 1.807) is 7.11 Å². The summed E-state index contributed by atoms with van der Waals surface area (Å²) in [5, 5.41) is 11.6. The molecule has 0 fully saturated rings. The quantitative estimate of drug-likeness (QED) is 0.683. The topological polar surface area (TPSA) is 76.2 Å². The maximum atomic E-state index is 11.8. The van der Waals surface area contributed by atoms with Gasteiger partial charge in [0.25, 0.3) is 11.4 Å². The minimum Gasteiger partial charge on any atom is -0.496 e. The van der Waals surface area contributed by atoms with Crippen LogP contribution in [0.15, 0.2) is 41.2 Å². The van der Waals surface area contributed by atoms with Crippen molar-refractivity contribution in [1.82, 2.24) is 10.2 Å². The lowest BCUT2D eigenvalue weighted by molar-refractivity contribution is 0.231. The fourth-order valence-corrected chi connectivity index (χ4v) is 2.92. The van der Waals surface area contributed by atoms with Gasteiger partial charge in [-0.2, -0.15) is 0 Å². The number of halogens is 1. The van der Waals surface area contributed by atoms with Crippen LogP contribution in [0.1, 0.15) is 19.4 Å². The van der Waals surface area contributed by atoms with Gasteiger partial charge in [0, 0.05) is 11.9 Å². The maximum absolute atomic E-state index is 11.8. The Balaban J connectivity index is 1.96. The summed E-state index contributed by atoms with van der Waals surface area (Å²) >= 11 is 6.17. The minimum absolute atomic E-state index is 0.0217. The predicted molar refractivity (Wildman–Crippen MR) is 103 cm³/mol. The normalized spacial score (nSPS) is 11.0. The van der Waals surface area contributed by atoms with Crippen molar-refractivity contribution in [3.8, 4) is 11.6 Å². The Morgan fingerprint density at radius 3 is 2.62 bits per heavy atom. The number of fused-ring (bicyclic) bond motifs is 1. The highest BCUT2D eigenvalue weighted by Gasteiger charge is 2.16. The van der Waals surface area contributed by atoms with Gasteiger partial charge in [-0.15, -0.1) is 5.10 Å². The molecule has 3 aromatic rings. The highest BCUT2D eigenvalue weighted by atomic mass is 35.5. The molecular formula is C19H20ClN3O3. The molecule has 1 aromatic heterocycles. The van der Waals surface area contributed by atoms with E-state index in [0.717, 1.165) is 22.1 Å². The van der Waals surface area contributed by atoms with E-state index in [0.29, 0.717) is 12.2 Å². The summed E-state index contributed by atoms with van der Waals surface area (Å²) < 4.78 is 11.1. The summed E-state index contributed by atoms with van der Waals surface area (Å²) in [5.41, 5.74) is 0.946. The molecule has 6 nitrogen and oxygen atoms in total. The Kier molecular flexibility index (Phi) is 5.32. The Bertz CT molecular complexity index is 985. The van der Waals surface area contributed by atoms with Gasteiger partial charge in [-0.1, -0.05) is 41.9 Å². The third kappa shape index (κ3) is 3.60. The van der Waals surface area contributed by atoms with Gasteiger partial charge in [-0.3, -0.25) is 4.79 Å². The molecule has 3 rings (SSSR count). The van der Waals surface area contributed by atoms with Crippen molar-refractivity contribution < 1.29 is 9.47 Å². The van der Waals surface area contributed by atoms with Crippen molar-refractivity contribution in [2.45, 2.75) is 26.5 Å². The monoisotopic (exact) mass is 373 g/mol. The van der Waals surface area contributed by atoms with Crippen molar-refractivity contribution in [3.63, 3.8) is 0 Å². The van der Waals surface area contributed by atoms with Crippen LogP contribution in [0.25, 0.3) is 10.8 Å². The maximum Gasteiger partial charge on any atom is 0.285 e. The molecule has 0 saturated carbocycles. The van der Waals surface area contributed by atoms with E-state index in [1.807, 2.05) is 50.2 Å². The summed E-state index contributed by atoms with van der Waals surface area (Å²) in [6.45, 7) is 4.20. The molecule has 0 saturated heterocycles. The van der Waals surface area contributed by atoms with Gasteiger partial charge in [-0.05, 0) is 30.9 Å². The van der Waals surface area contributed by atoms with Gasteiger partial charge in [0.05, 0.1) is 13.2 Å². The van der Waals surface area contributed by atoms with Gasteiger partial charge in [0.2, 0.25) is 0 Å². The summed E-state index contributed by atoms with van der Waals surface area (Å²) in [4.78, 5) is 11.8. The van der Waals surface area contributed by atoms with Crippen LogP contribution in [0, 0.1) is 0 Å². The molecule has 0 amide bonds. The molecular weight excluding hydrogens is 354 g/mol. The molecule has 0 aliphatic heterocycles. The lowest BCUT2D eigenvalue weighted by Gasteiger charge is -2.16. The molecule has 2 N–H and O–H groups in total. The van der Waals surface area contributed by atoms with E-state index in [-0.39, 0.29) is 17.0 Å². The van der Waals surface area contributed by atoms with Crippen LogP contribution in [0.5, 0.6) is 11.6 Å². The van der Waals surface area contributed by atoms with E-state index in [9.17, 15) is 4.79 Å². The smallest absolute Gasteiger partial charge is 0.285 e. The molecule has 7 heteroatoms. The number of hydrogen-bond donors (Lipinski definition) is 2. The Morgan fingerprint density at radius 1 is 1.19 bits per heavy atom. The second-order valence-corrected chi connectivity index (χ2v) is 6.42. The fraction of sp³-hybridized carbons (Fsp3) is 0.263. The Labute approximate surface area is 156 Å². The average Bonchev–Trinajstić information content (AvgIpc) is 2.64. The molecule has 0 unspecified atom stereocenters. The molecule has 0 aliphatic carbocycles. The third-order valence-electron chi connectivity index (χ3n) is 3.89. The first-order chi connectivity index (χ1) is 12.5. The summed E-state index contributed by atoms with van der Waals surface area (Å²) in [7, 11) is 1.65. The van der Waals surface area contributed by atoms with Gasteiger partial charge in [0.15, 0.2) is 0 Å². The first-order valence-electron chi connectivity index (χ1n) is 8.24. The number of rotatable bonds is 6. The highest BCUT2D eigenvalue weighted by molar-refractivity contribution is 6.33. The number of H-pyrrole nitrogens is 1. The lowest BCUT2D eigenvalue weighted by atomic mass is 10.0. The zero-order valence-corrected chi connectivity index (χ0v) is 15.6. The van der Waals surface area contributed by atoms with Crippen LogP contribution in [-0.4, -0.2) is 23.4 Å². The molecule has 0 radical (unpaired) electrons. The van der Waals surface area contributed by atoms with Gasteiger partial charge in [-0.25, -0.2) is 5.10 Å². The molecule has 0 atom stereocenters. The number of methoxy groups -OCH3 is 1. The van der Waals surface area contributed by atoms with Crippen molar-refractivity contribution >= 4 is 28.1 Å². The molecule has 1 heterocycles. The highest BCUT2D eigenvalue weighted by Crippen LogP contribution is 2.31. The van der Waals surface area contributed by atoms with Crippen LogP contribution in [0.4, 0.5) is 5.69 Å². The second-order valence-electron chi connectivity index (χ2n) is 6.04. The lowest BCUT2D eigenvalue weighted by Crippen LogP contribution is -2.17. The number of nitrogens with one attached hydrogen (secondary N) is 2. The number of anilines is 1. The van der Waals surface area contributed by atoms with Crippen molar-refractivity contribution in [1.29, 1.82) is 0 Å². The standard InChI is InChI=1S/C19H20ClN3O3/c1-11(2)26-19-17(16(20)18(24)22-23-19)21-10-12-8-9-15(25-3)14-7-5-4-6-13(12)14/h4-9,11H,10H2,1-3H3,(H2,21,22,24). The minimum atomic E-state index is -0.468. The summed E-state index contributed by atoms with van der Waals surface area (Å²) in [6.07, 6.45) is -0.105. The first-order valence-corrected chi connectivity index (χ1v) is 8.62. The van der Waals surface area contributed by atoms with Crippen LogP contribution in [-0.2, 0) is 6.54 Å². The summed E-state index contributed by atoms with van der Waals surface area (Å²) in [5.74, 6) is 1.08. The molecule has 0 aliphatic rings. The number of ether oxygens (including phenoxy) is 2. The zero-order valence-electron chi connectivity index (χ0n) is 14.8.